The van der Waals surface area contributed by atoms with Gasteiger partial charge in [0.2, 0.25) is 0 Å². The topological polar surface area (TPSA) is 34.4 Å². The van der Waals surface area contributed by atoms with E-state index in [1.807, 2.05) is 42.7 Å². The number of fused-ring (bicyclic) bond motifs is 1. The Balaban J connectivity index is 2.02. The van der Waals surface area contributed by atoms with E-state index in [9.17, 15) is 4.79 Å². The first-order valence-electron chi connectivity index (χ1n) is 6.77. The summed E-state index contributed by atoms with van der Waals surface area (Å²) in [5.74, 6) is 0. The second kappa shape index (κ2) is 6.91. The van der Waals surface area contributed by atoms with Gasteiger partial charge in [0, 0.05) is 21.6 Å². The lowest BCUT2D eigenvalue weighted by Gasteiger charge is -2.04. The first-order chi connectivity index (χ1) is 11.1. The van der Waals surface area contributed by atoms with E-state index in [0.29, 0.717) is 16.4 Å². The fourth-order valence-electron chi connectivity index (χ4n) is 2.12. The molecule has 0 fully saturated rings. The zero-order chi connectivity index (χ0) is 16.4. The first-order valence-corrected chi connectivity index (χ1v) is 9.17. The van der Waals surface area contributed by atoms with Crippen LogP contribution in [0.2, 0.25) is 0 Å². The van der Waals surface area contributed by atoms with Gasteiger partial charge in [-0.25, -0.2) is 4.98 Å². The molecule has 0 aliphatic carbocycles. The summed E-state index contributed by atoms with van der Waals surface area (Å²) < 4.78 is 2.29. The van der Waals surface area contributed by atoms with Gasteiger partial charge in [-0.15, -0.1) is 11.8 Å². The highest BCUT2D eigenvalue weighted by Crippen LogP contribution is 2.22. The third-order valence-electron chi connectivity index (χ3n) is 3.28. The summed E-state index contributed by atoms with van der Waals surface area (Å²) in [6.45, 7) is 0. The van der Waals surface area contributed by atoms with Crippen molar-refractivity contribution in [1.82, 2.24) is 9.38 Å². The third-order valence-corrected chi connectivity index (χ3v) is 4.79. The van der Waals surface area contributed by atoms with Crippen LogP contribution < -0.4 is 5.56 Å². The Kier molecular flexibility index (Phi) is 4.90. The van der Waals surface area contributed by atoms with Crippen molar-refractivity contribution in [3.63, 3.8) is 0 Å². The zero-order valence-corrected chi connectivity index (χ0v) is 15.3. The van der Waals surface area contributed by atoms with E-state index in [1.54, 1.807) is 24.0 Å². The highest BCUT2D eigenvalue weighted by atomic mass is 79.9. The molecule has 3 aromatic rings. The number of benzene rings is 1. The molecule has 0 bridgehead atoms. The van der Waals surface area contributed by atoms with E-state index in [1.165, 1.54) is 15.4 Å². The van der Waals surface area contributed by atoms with Crippen LogP contribution in [0.5, 0.6) is 0 Å². The van der Waals surface area contributed by atoms with E-state index in [0.717, 1.165) is 10.0 Å². The average Bonchev–Trinajstić information content (AvgIpc) is 2.56. The van der Waals surface area contributed by atoms with Gasteiger partial charge in [0.1, 0.15) is 5.65 Å². The van der Waals surface area contributed by atoms with Crippen molar-refractivity contribution < 1.29 is 0 Å². The number of nitrogens with zero attached hydrogens (tertiary/aromatic N) is 2. The maximum absolute atomic E-state index is 12.2. The molecule has 0 saturated heterocycles. The second-order valence-corrected chi connectivity index (χ2v) is 7.02. The molecule has 3 rings (SSSR count). The van der Waals surface area contributed by atoms with Gasteiger partial charge in [-0.1, -0.05) is 23.7 Å². The molecule has 23 heavy (non-hydrogen) atoms. The molecule has 0 N–H and O–H groups in total. The Bertz CT molecular complexity index is 951. The predicted octanol–water partition coefficient (Wildman–Crippen LogP) is 4.92. The van der Waals surface area contributed by atoms with Gasteiger partial charge in [-0.05, 0) is 58.1 Å². The Morgan fingerprint density at radius 1 is 1.26 bits per heavy atom. The molecule has 0 aliphatic rings. The lowest BCUT2D eigenvalue weighted by molar-refractivity contribution is 1.03. The second-order valence-electron chi connectivity index (χ2n) is 4.82. The van der Waals surface area contributed by atoms with Gasteiger partial charge in [0.15, 0.2) is 0 Å². The first kappa shape index (κ1) is 16.3. The highest BCUT2D eigenvalue weighted by Gasteiger charge is 2.06. The highest BCUT2D eigenvalue weighted by molar-refractivity contribution is 9.10. The van der Waals surface area contributed by atoms with E-state index >= 15 is 0 Å². The molecule has 1 aromatic carbocycles. The van der Waals surface area contributed by atoms with E-state index in [2.05, 4.69) is 20.9 Å². The summed E-state index contributed by atoms with van der Waals surface area (Å²) in [6, 6.07) is 13.1. The minimum absolute atomic E-state index is 0.171. The number of thioether (sulfide) groups is 1. The molecule has 0 spiro atoms. The van der Waals surface area contributed by atoms with E-state index in [4.69, 9.17) is 11.6 Å². The van der Waals surface area contributed by atoms with Crippen molar-refractivity contribution in [3.05, 3.63) is 74.7 Å². The maximum Gasteiger partial charge on any atom is 0.258 e. The fraction of sp³-hybridized carbons (Fsp3) is 0.0588. The summed E-state index contributed by atoms with van der Waals surface area (Å²) >= 11 is 11.4. The van der Waals surface area contributed by atoms with Crippen LogP contribution in [0.25, 0.3) is 16.8 Å². The lowest BCUT2D eigenvalue weighted by Crippen LogP contribution is -2.14. The number of aromatic nitrogens is 2. The Labute approximate surface area is 151 Å². The molecule has 0 atom stereocenters. The Hall–Kier alpha value is -1.56. The largest absolute Gasteiger partial charge is 0.269 e. The third kappa shape index (κ3) is 3.68. The van der Waals surface area contributed by atoms with Gasteiger partial charge < -0.3 is 0 Å². The van der Waals surface area contributed by atoms with E-state index < -0.39 is 0 Å². The van der Waals surface area contributed by atoms with Crippen molar-refractivity contribution >= 4 is 56.0 Å². The molecule has 0 saturated carbocycles. The van der Waals surface area contributed by atoms with Crippen LogP contribution in [0.15, 0.2) is 62.8 Å². The molecule has 6 heteroatoms. The van der Waals surface area contributed by atoms with Crippen molar-refractivity contribution in [1.29, 1.82) is 0 Å². The quantitative estimate of drug-likeness (QED) is 0.578. The molecule has 116 valence electrons. The van der Waals surface area contributed by atoms with Crippen LogP contribution in [-0.4, -0.2) is 15.6 Å². The molecule has 0 aliphatic heterocycles. The number of halogens is 2. The zero-order valence-electron chi connectivity index (χ0n) is 12.2. The van der Waals surface area contributed by atoms with Gasteiger partial charge >= 0.3 is 0 Å². The molecule has 0 amide bonds. The minimum atomic E-state index is -0.171. The Morgan fingerprint density at radius 3 is 2.70 bits per heavy atom. The molecule has 2 aromatic heterocycles. The maximum atomic E-state index is 12.2. The number of pyridine rings is 1. The van der Waals surface area contributed by atoms with Gasteiger partial charge in [0.25, 0.3) is 5.56 Å². The van der Waals surface area contributed by atoms with Crippen LogP contribution in [0, 0.1) is 0 Å². The number of rotatable bonds is 3. The van der Waals surface area contributed by atoms with Gasteiger partial charge in [-0.2, -0.15) is 0 Å². The molecule has 3 nitrogen and oxygen atoms in total. The lowest BCUT2D eigenvalue weighted by atomic mass is 10.2. The van der Waals surface area contributed by atoms with E-state index in [-0.39, 0.29) is 5.56 Å². The molecule has 2 heterocycles. The summed E-state index contributed by atoms with van der Waals surface area (Å²) in [6.07, 6.45) is 5.53. The van der Waals surface area contributed by atoms with Crippen LogP contribution in [-0.2, 0) is 0 Å². The average molecular weight is 408 g/mol. The summed E-state index contributed by atoms with van der Waals surface area (Å²) in [5.41, 5.74) is 1.81. The van der Waals surface area contributed by atoms with Gasteiger partial charge in [0.05, 0.1) is 10.7 Å². The molecular weight excluding hydrogens is 396 g/mol. The number of hydrogen-bond donors (Lipinski definition) is 0. The van der Waals surface area contributed by atoms with Crippen molar-refractivity contribution in [3.8, 4) is 0 Å². The fourth-order valence-corrected chi connectivity index (χ4v) is 3.09. The summed E-state index contributed by atoms with van der Waals surface area (Å²) in [4.78, 5) is 17.8. The summed E-state index contributed by atoms with van der Waals surface area (Å²) in [5, 5.41) is 0.435. The standard InChI is InChI=1S/C17H12BrClN2OS/c1-23-13-5-2-11(3-6-13)8-14(19)15-9-17(22)21-10-12(18)4-7-16(21)20-15/h2-10H,1H3/b14-8-. The van der Waals surface area contributed by atoms with Crippen LogP contribution in [0.4, 0.5) is 0 Å². The molecule has 0 radical (unpaired) electrons. The Morgan fingerprint density at radius 2 is 2.00 bits per heavy atom. The normalized spacial score (nSPS) is 11.9. The monoisotopic (exact) mass is 406 g/mol. The van der Waals surface area contributed by atoms with Crippen molar-refractivity contribution in [2.24, 2.45) is 0 Å². The molecule has 0 unspecified atom stereocenters. The predicted molar refractivity (Wildman–Crippen MR) is 101 cm³/mol. The summed E-state index contributed by atoms with van der Waals surface area (Å²) in [7, 11) is 0. The minimum Gasteiger partial charge on any atom is -0.269 e. The molecular formula is C17H12BrClN2OS. The SMILES string of the molecule is CSc1ccc(/C=C(\Cl)c2cc(=O)n3cc(Br)ccc3n2)cc1. The van der Waals surface area contributed by atoms with Crippen molar-refractivity contribution in [2.75, 3.05) is 6.26 Å². The van der Waals surface area contributed by atoms with Crippen molar-refractivity contribution in [2.45, 2.75) is 4.90 Å². The van der Waals surface area contributed by atoms with Gasteiger partial charge in [-0.3, -0.25) is 9.20 Å². The van der Waals surface area contributed by atoms with Crippen LogP contribution in [0.1, 0.15) is 11.3 Å². The van der Waals surface area contributed by atoms with Crippen LogP contribution >= 0.6 is 39.3 Å². The number of hydrogen-bond acceptors (Lipinski definition) is 3. The smallest absolute Gasteiger partial charge is 0.258 e. The van der Waals surface area contributed by atoms with Crippen LogP contribution in [0.3, 0.4) is 0 Å².